The normalized spacial score (nSPS) is 45.0. The van der Waals surface area contributed by atoms with Gasteiger partial charge in [0.2, 0.25) is 0 Å². The van der Waals surface area contributed by atoms with Crippen LogP contribution in [0.15, 0.2) is 0 Å². The molecule has 2 aliphatic carbocycles. The number of carbonyl (C=O) groups excluding carboxylic acids is 1. The number of hydrogen-bond acceptors (Lipinski definition) is 5. The summed E-state index contributed by atoms with van der Waals surface area (Å²) in [5, 5.41) is 21.3. The van der Waals surface area contributed by atoms with Crippen molar-refractivity contribution in [1.82, 2.24) is 0 Å². The predicted molar refractivity (Wildman–Crippen MR) is 107 cm³/mol. The van der Waals surface area contributed by atoms with E-state index >= 15 is 0 Å². The van der Waals surface area contributed by atoms with Gasteiger partial charge < -0.3 is 10.2 Å². The highest BCUT2D eigenvalue weighted by atomic mass is 32.2. The van der Waals surface area contributed by atoms with Crippen molar-refractivity contribution < 1.29 is 15.0 Å². The van der Waals surface area contributed by atoms with Gasteiger partial charge in [0.1, 0.15) is 5.78 Å². The zero-order valence-corrected chi connectivity index (χ0v) is 17.7. The van der Waals surface area contributed by atoms with E-state index < -0.39 is 12.2 Å². The molecule has 25 heavy (non-hydrogen) atoms. The van der Waals surface area contributed by atoms with Crippen LogP contribution in [0.1, 0.15) is 65.7 Å². The number of aliphatic hydroxyl groups excluding tert-OH is 2. The standard InChI is InChI=1S/C20H34O3S2/c1-12(21)20(13-9-7-5-6-8-10-13)14-11-15(22)17(23)19(2,3)16(14)18(24-4)25-20/h13-18,22-23H,5-11H2,1-4H3. The molecular weight excluding hydrogens is 352 g/mol. The van der Waals surface area contributed by atoms with Crippen LogP contribution in [0.4, 0.5) is 0 Å². The molecule has 3 fully saturated rings. The van der Waals surface area contributed by atoms with Crippen LogP contribution >= 0.6 is 23.5 Å². The minimum Gasteiger partial charge on any atom is -0.390 e. The van der Waals surface area contributed by atoms with Crippen LogP contribution < -0.4 is 0 Å². The van der Waals surface area contributed by atoms with Crippen molar-refractivity contribution in [2.45, 2.75) is 87.3 Å². The molecule has 2 N–H and O–H groups in total. The molecule has 0 spiro atoms. The van der Waals surface area contributed by atoms with Gasteiger partial charge in [-0.05, 0) is 55.6 Å². The molecule has 0 amide bonds. The van der Waals surface area contributed by atoms with Gasteiger partial charge in [-0.2, -0.15) is 11.8 Å². The summed E-state index contributed by atoms with van der Waals surface area (Å²) in [6, 6.07) is 0. The van der Waals surface area contributed by atoms with E-state index in [1.807, 2.05) is 23.5 Å². The summed E-state index contributed by atoms with van der Waals surface area (Å²) < 4.78 is -0.0598. The summed E-state index contributed by atoms with van der Waals surface area (Å²) in [4.78, 5) is 13.1. The maximum absolute atomic E-state index is 13.1. The fourth-order valence-electron chi connectivity index (χ4n) is 6.02. The van der Waals surface area contributed by atoms with Crippen LogP contribution in [-0.2, 0) is 4.79 Å². The van der Waals surface area contributed by atoms with Gasteiger partial charge in [0, 0.05) is 0 Å². The average Bonchev–Trinajstić information content (AvgIpc) is 2.72. The SMILES string of the molecule is CSC1SC(C(C)=O)(C2CCCCCC2)C2CC(O)C(O)C(C)(C)C12. The molecule has 1 aliphatic heterocycles. The second-order valence-corrected chi connectivity index (χ2v) is 11.7. The number of fused-ring (bicyclic) bond motifs is 1. The van der Waals surface area contributed by atoms with Gasteiger partial charge in [-0.25, -0.2) is 0 Å². The highest BCUT2D eigenvalue weighted by Crippen LogP contribution is 2.67. The number of carbonyl (C=O) groups is 1. The summed E-state index contributed by atoms with van der Waals surface area (Å²) in [5.74, 6) is 1.15. The number of hydrogen-bond donors (Lipinski definition) is 2. The lowest BCUT2D eigenvalue weighted by Gasteiger charge is -2.51. The van der Waals surface area contributed by atoms with Crippen LogP contribution in [0.5, 0.6) is 0 Å². The molecule has 6 unspecified atom stereocenters. The maximum atomic E-state index is 13.1. The first-order valence-electron chi connectivity index (χ1n) is 9.84. The fraction of sp³-hybridized carbons (Fsp3) is 0.950. The van der Waals surface area contributed by atoms with Crippen molar-refractivity contribution in [2.75, 3.05) is 6.26 Å². The van der Waals surface area contributed by atoms with E-state index in [0.717, 1.165) is 12.8 Å². The molecule has 144 valence electrons. The summed E-state index contributed by atoms with van der Waals surface area (Å²) in [7, 11) is 0. The first kappa shape index (κ1) is 20.0. The third-order valence-corrected chi connectivity index (χ3v) is 10.8. The minimum atomic E-state index is -0.720. The lowest BCUT2D eigenvalue weighted by atomic mass is 9.56. The largest absolute Gasteiger partial charge is 0.390 e. The first-order valence-corrected chi connectivity index (χ1v) is 12.0. The van der Waals surface area contributed by atoms with Gasteiger partial charge in [-0.1, -0.05) is 39.5 Å². The Balaban J connectivity index is 2.05. The van der Waals surface area contributed by atoms with Crippen LogP contribution in [0, 0.1) is 23.2 Å². The fourth-order valence-corrected chi connectivity index (χ4v) is 9.80. The van der Waals surface area contributed by atoms with E-state index in [0.29, 0.717) is 22.7 Å². The van der Waals surface area contributed by atoms with Crippen LogP contribution in [-0.4, -0.2) is 43.8 Å². The van der Waals surface area contributed by atoms with Crippen LogP contribution in [0.3, 0.4) is 0 Å². The number of rotatable bonds is 3. The molecular formula is C20H34O3S2. The summed E-state index contributed by atoms with van der Waals surface area (Å²) in [5.41, 5.74) is -0.370. The van der Waals surface area contributed by atoms with E-state index in [1.54, 1.807) is 6.92 Å². The smallest absolute Gasteiger partial charge is 0.146 e. The van der Waals surface area contributed by atoms with E-state index in [4.69, 9.17) is 0 Å². The number of Topliss-reactive ketones (excluding diaryl/α,β-unsaturated/α-hetero) is 1. The molecule has 5 heteroatoms. The molecule has 3 rings (SSSR count). The van der Waals surface area contributed by atoms with E-state index in [9.17, 15) is 15.0 Å². The van der Waals surface area contributed by atoms with Gasteiger partial charge in [-0.15, -0.1) is 11.8 Å². The molecule has 0 radical (unpaired) electrons. The van der Waals surface area contributed by atoms with Crippen molar-refractivity contribution in [3.8, 4) is 0 Å². The average molecular weight is 387 g/mol. The Kier molecular flexibility index (Phi) is 5.90. The van der Waals surface area contributed by atoms with E-state index in [2.05, 4.69) is 20.1 Å². The third kappa shape index (κ3) is 3.11. The molecule has 3 aliphatic rings. The van der Waals surface area contributed by atoms with Crippen molar-refractivity contribution in [3.63, 3.8) is 0 Å². The van der Waals surface area contributed by atoms with E-state index in [-0.39, 0.29) is 22.0 Å². The number of aliphatic hydroxyl groups is 2. The van der Waals surface area contributed by atoms with Gasteiger partial charge in [0.25, 0.3) is 0 Å². The maximum Gasteiger partial charge on any atom is 0.146 e. The zero-order chi connectivity index (χ0) is 18.4. The van der Waals surface area contributed by atoms with Crippen LogP contribution in [0.2, 0.25) is 0 Å². The molecule has 6 atom stereocenters. The number of ketones is 1. The molecule has 3 nitrogen and oxygen atoms in total. The van der Waals surface area contributed by atoms with Crippen molar-refractivity contribution in [3.05, 3.63) is 0 Å². The Morgan fingerprint density at radius 1 is 1.12 bits per heavy atom. The number of thioether (sulfide) groups is 2. The van der Waals surface area contributed by atoms with Crippen molar-refractivity contribution in [2.24, 2.45) is 23.2 Å². The molecule has 0 aromatic rings. The first-order chi connectivity index (χ1) is 11.8. The molecule has 1 heterocycles. The van der Waals surface area contributed by atoms with Crippen molar-refractivity contribution >= 4 is 29.3 Å². The lowest BCUT2D eigenvalue weighted by Crippen LogP contribution is -2.58. The quantitative estimate of drug-likeness (QED) is 0.715. The third-order valence-electron chi connectivity index (χ3n) is 7.31. The van der Waals surface area contributed by atoms with Gasteiger partial charge in [0.15, 0.2) is 0 Å². The lowest BCUT2D eigenvalue weighted by molar-refractivity contribution is -0.142. The molecule has 2 saturated carbocycles. The molecule has 1 saturated heterocycles. The highest BCUT2D eigenvalue weighted by molar-refractivity contribution is 8.18. The second kappa shape index (κ2) is 7.37. The Hall–Kier alpha value is 0.290. The second-order valence-electron chi connectivity index (χ2n) is 8.96. The Bertz CT molecular complexity index is 501. The monoisotopic (exact) mass is 386 g/mol. The van der Waals surface area contributed by atoms with Gasteiger partial charge in [0.05, 0.1) is 21.5 Å². The summed E-state index contributed by atoms with van der Waals surface area (Å²) in [6.45, 7) is 5.96. The highest BCUT2D eigenvalue weighted by Gasteiger charge is 2.66. The van der Waals surface area contributed by atoms with Crippen molar-refractivity contribution in [1.29, 1.82) is 0 Å². The van der Waals surface area contributed by atoms with E-state index in [1.165, 1.54) is 25.7 Å². The topological polar surface area (TPSA) is 57.5 Å². The van der Waals surface area contributed by atoms with Crippen LogP contribution in [0.25, 0.3) is 0 Å². The molecule has 0 aromatic carbocycles. The Labute approximate surface area is 161 Å². The zero-order valence-electron chi connectivity index (χ0n) is 16.0. The predicted octanol–water partition coefficient (Wildman–Crippen LogP) is 4.10. The van der Waals surface area contributed by atoms with Gasteiger partial charge >= 0.3 is 0 Å². The summed E-state index contributed by atoms with van der Waals surface area (Å²) in [6.07, 6.45) is 8.53. The molecule has 0 aromatic heterocycles. The van der Waals surface area contributed by atoms with Gasteiger partial charge in [-0.3, -0.25) is 4.79 Å². The summed E-state index contributed by atoms with van der Waals surface area (Å²) >= 11 is 3.72. The minimum absolute atomic E-state index is 0.170. The Morgan fingerprint density at radius 3 is 2.24 bits per heavy atom. The Morgan fingerprint density at radius 2 is 1.72 bits per heavy atom. The molecule has 0 bridgehead atoms.